The number of methoxy groups -OCH3 is 1. The molecular formula is C20H22BrNO3. The molecule has 1 aliphatic carbocycles. The van der Waals surface area contributed by atoms with Crippen LogP contribution in [0, 0.1) is 0 Å². The maximum atomic E-state index is 13.1. The molecule has 0 radical (unpaired) electrons. The van der Waals surface area contributed by atoms with Gasteiger partial charge in [-0.15, -0.1) is 0 Å². The fourth-order valence-electron chi connectivity index (χ4n) is 3.74. The van der Waals surface area contributed by atoms with Gasteiger partial charge in [0.05, 0.1) is 18.3 Å². The number of esters is 1. The van der Waals surface area contributed by atoms with Gasteiger partial charge < -0.3 is 9.64 Å². The van der Waals surface area contributed by atoms with Gasteiger partial charge in [-0.25, -0.2) is 4.79 Å². The van der Waals surface area contributed by atoms with Crippen LogP contribution in [0.2, 0.25) is 0 Å². The van der Waals surface area contributed by atoms with Gasteiger partial charge in [0.25, 0.3) is 5.91 Å². The summed E-state index contributed by atoms with van der Waals surface area (Å²) in [7, 11) is 1.35. The fourth-order valence-corrected chi connectivity index (χ4v) is 4.16. The van der Waals surface area contributed by atoms with Gasteiger partial charge in [-0.2, -0.15) is 0 Å². The molecule has 4 nitrogen and oxygen atoms in total. The first kappa shape index (κ1) is 17.9. The van der Waals surface area contributed by atoms with Crippen LogP contribution in [0.1, 0.15) is 44.6 Å². The maximum Gasteiger partial charge on any atom is 0.340 e. The van der Waals surface area contributed by atoms with E-state index in [-0.39, 0.29) is 11.9 Å². The number of halogens is 1. The summed E-state index contributed by atoms with van der Waals surface area (Å²) in [6.45, 7) is 1.85. The van der Waals surface area contributed by atoms with E-state index in [1.54, 1.807) is 6.08 Å². The Morgan fingerprint density at radius 2 is 2.00 bits per heavy atom. The first-order valence-corrected chi connectivity index (χ1v) is 9.42. The first-order chi connectivity index (χ1) is 12.0. The maximum absolute atomic E-state index is 13.1. The number of hydrogen-bond acceptors (Lipinski definition) is 3. The van der Waals surface area contributed by atoms with E-state index in [1.807, 2.05) is 36.1 Å². The van der Waals surface area contributed by atoms with Gasteiger partial charge in [-0.3, -0.25) is 4.79 Å². The van der Waals surface area contributed by atoms with Crippen LogP contribution in [0.3, 0.4) is 0 Å². The van der Waals surface area contributed by atoms with Gasteiger partial charge in [-0.05, 0) is 43.5 Å². The van der Waals surface area contributed by atoms with Gasteiger partial charge in [-0.1, -0.05) is 47.3 Å². The fraction of sp³-hybridized carbons (Fsp3) is 0.400. The molecule has 2 aliphatic rings. The Kier molecular flexibility index (Phi) is 5.42. The predicted molar refractivity (Wildman–Crippen MR) is 101 cm³/mol. The second-order valence-corrected chi connectivity index (χ2v) is 7.45. The van der Waals surface area contributed by atoms with Gasteiger partial charge in [0.2, 0.25) is 0 Å². The minimum absolute atomic E-state index is 0.0928. The van der Waals surface area contributed by atoms with Crippen molar-refractivity contribution in [2.24, 2.45) is 0 Å². The first-order valence-electron chi connectivity index (χ1n) is 8.63. The highest BCUT2D eigenvalue weighted by Crippen LogP contribution is 2.36. The van der Waals surface area contributed by atoms with Gasteiger partial charge in [0.15, 0.2) is 0 Å². The van der Waals surface area contributed by atoms with Crippen molar-refractivity contribution in [3.8, 4) is 0 Å². The molecule has 1 aliphatic heterocycles. The lowest BCUT2D eigenvalue weighted by molar-refractivity contribution is -0.136. The van der Waals surface area contributed by atoms with Crippen LogP contribution in [0.5, 0.6) is 0 Å². The molecule has 5 heteroatoms. The minimum atomic E-state index is -0.453. The molecule has 0 atom stereocenters. The Bertz CT molecular complexity index is 760. The summed E-state index contributed by atoms with van der Waals surface area (Å²) in [6.07, 6.45) is 7.22. The summed E-state index contributed by atoms with van der Waals surface area (Å²) in [5.41, 5.74) is 2.40. The van der Waals surface area contributed by atoms with Crippen LogP contribution in [-0.2, 0) is 14.3 Å². The number of carbonyl (C=O) groups excluding carboxylic acids is 2. The van der Waals surface area contributed by atoms with Crippen LogP contribution in [0.4, 0.5) is 0 Å². The number of hydrogen-bond donors (Lipinski definition) is 0. The smallest absolute Gasteiger partial charge is 0.340 e. The van der Waals surface area contributed by atoms with Crippen molar-refractivity contribution >= 4 is 33.9 Å². The molecule has 0 N–H and O–H groups in total. The average molecular weight is 404 g/mol. The van der Waals surface area contributed by atoms with Crippen molar-refractivity contribution < 1.29 is 14.3 Å². The lowest BCUT2D eigenvalue weighted by Crippen LogP contribution is -2.37. The largest absolute Gasteiger partial charge is 0.465 e. The number of rotatable bonds is 3. The van der Waals surface area contributed by atoms with Gasteiger partial charge in [0.1, 0.15) is 0 Å². The third kappa shape index (κ3) is 3.56. The Balaban J connectivity index is 2.04. The molecule has 0 bridgehead atoms. The highest BCUT2D eigenvalue weighted by atomic mass is 79.9. The molecule has 0 aromatic heterocycles. The standard InChI is InChI=1S/C20H22BrNO3/c1-13-18(20(24)25-2)17(12-14-7-6-8-15(21)11-14)19(23)22(13)16-9-4-3-5-10-16/h6-8,11-12,16H,3-5,9-10H2,1-2H3. The van der Waals surface area contributed by atoms with Crippen molar-refractivity contribution in [3.63, 3.8) is 0 Å². The Labute approximate surface area is 156 Å². The number of ether oxygens (including phenoxy) is 1. The molecule has 1 fully saturated rings. The second-order valence-electron chi connectivity index (χ2n) is 6.53. The van der Waals surface area contributed by atoms with E-state index in [9.17, 15) is 9.59 Å². The quantitative estimate of drug-likeness (QED) is 0.552. The van der Waals surface area contributed by atoms with Crippen molar-refractivity contribution in [2.45, 2.75) is 45.1 Å². The molecule has 1 aromatic rings. The summed E-state index contributed by atoms with van der Waals surface area (Å²) < 4.78 is 5.88. The van der Waals surface area contributed by atoms with Crippen molar-refractivity contribution in [2.75, 3.05) is 7.11 Å². The minimum Gasteiger partial charge on any atom is -0.465 e. The van der Waals surface area contributed by atoms with E-state index in [0.29, 0.717) is 16.8 Å². The summed E-state index contributed by atoms with van der Waals surface area (Å²) >= 11 is 3.44. The summed E-state index contributed by atoms with van der Waals surface area (Å²) in [5, 5.41) is 0. The Morgan fingerprint density at radius 1 is 1.28 bits per heavy atom. The summed E-state index contributed by atoms with van der Waals surface area (Å²) in [4.78, 5) is 27.3. The normalized spacial score (nSPS) is 20.5. The number of allylic oxidation sites excluding steroid dienone is 1. The number of benzene rings is 1. The summed E-state index contributed by atoms with van der Waals surface area (Å²) in [5.74, 6) is -0.546. The second kappa shape index (κ2) is 7.56. The molecule has 1 heterocycles. The number of carbonyl (C=O) groups is 2. The van der Waals surface area contributed by atoms with E-state index in [1.165, 1.54) is 13.5 Å². The molecule has 0 unspecified atom stereocenters. The van der Waals surface area contributed by atoms with Gasteiger partial charge in [0, 0.05) is 16.2 Å². The summed E-state index contributed by atoms with van der Waals surface area (Å²) in [6, 6.07) is 7.85. The SMILES string of the molecule is COC(=O)C1=C(C)N(C2CCCCC2)C(=O)C1=Cc1cccc(Br)c1. The topological polar surface area (TPSA) is 46.6 Å². The third-order valence-corrected chi connectivity index (χ3v) is 5.42. The Hall–Kier alpha value is -1.88. The zero-order valence-electron chi connectivity index (χ0n) is 14.5. The molecule has 1 amide bonds. The lowest BCUT2D eigenvalue weighted by Gasteiger charge is -2.32. The Morgan fingerprint density at radius 3 is 2.64 bits per heavy atom. The number of amides is 1. The van der Waals surface area contributed by atoms with Crippen LogP contribution >= 0.6 is 15.9 Å². The monoisotopic (exact) mass is 403 g/mol. The van der Waals surface area contributed by atoms with Crippen LogP contribution in [-0.4, -0.2) is 29.9 Å². The van der Waals surface area contributed by atoms with E-state index < -0.39 is 5.97 Å². The molecule has 0 spiro atoms. The zero-order chi connectivity index (χ0) is 18.0. The third-order valence-electron chi connectivity index (χ3n) is 4.93. The van der Waals surface area contributed by atoms with Crippen molar-refractivity contribution in [1.82, 2.24) is 4.90 Å². The molecule has 132 valence electrons. The zero-order valence-corrected chi connectivity index (χ0v) is 16.1. The molecular weight excluding hydrogens is 382 g/mol. The van der Waals surface area contributed by atoms with E-state index in [0.717, 1.165) is 35.7 Å². The van der Waals surface area contributed by atoms with Crippen molar-refractivity contribution in [1.29, 1.82) is 0 Å². The number of nitrogens with zero attached hydrogens (tertiary/aromatic N) is 1. The van der Waals surface area contributed by atoms with Crippen molar-refractivity contribution in [3.05, 3.63) is 51.1 Å². The van der Waals surface area contributed by atoms with Crippen LogP contribution in [0.15, 0.2) is 45.6 Å². The highest BCUT2D eigenvalue weighted by Gasteiger charge is 2.40. The molecule has 3 rings (SSSR count). The highest BCUT2D eigenvalue weighted by molar-refractivity contribution is 9.10. The lowest BCUT2D eigenvalue weighted by atomic mass is 9.94. The van der Waals surface area contributed by atoms with Gasteiger partial charge >= 0.3 is 5.97 Å². The van der Waals surface area contributed by atoms with E-state index >= 15 is 0 Å². The molecule has 25 heavy (non-hydrogen) atoms. The van der Waals surface area contributed by atoms with E-state index in [4.69, 9.17) is 4.74 Å². The molecule has 1 saturated carbocycles. The molecule has 0 saturated heterocycles. The van der Waals surface area contributed by atoms with Crippen LogP contribution in [0.25, 0.3) is 6.08 Å². The van der Waals surface area contributed by atoms with E-state index in [2.05, 4.69) is 15.9 Å². The average Bonchev–Trinajstić information content (AvgIpc) is 2.85. The van der Waals surface area contributed by atoms with Crippen LogP contribution < -0.4 is 0 Å². The molecule has 1 aromatic carbocycles. The predicted octanol–water partition coefficient (Wildman–Crippen LogP) is 4.45.